The van der Waals surface area contributed by atoms with Gasteiger partial charge in [0.05, 0.1) is 30.7 Å². The molecule has 2 aromatic heterocycles. The molecule has 0 radical (unpaired) electrons. The number of benzene rings is 2. The van der Waals surface area contributed by atoms with Crippen LogP contribution in [0.4, 0.5) is 0 Å². The second kappa shape index (κ2) is 11.7. The lowest BCUT2D eigenvalue weighted by Crippen LogP contribution is -2.39. The summed E-state index contributed by atoms with van der Waals surface area (Å²) in [6.45, 7) is 9.22. The van der Waals surface area contributed by atoms with E-state index in [0.717, 1.165) is 22.1 Å². The molecule has 2 aromatic carbocycles. The fourth-order valence-corrected chi connectivity index (χ4v) is 6.02. The number of aromatic nitrogens is 1. The molecule has 11 heteroatoms. The van der Waals surface area contributed by atoms with Gasteiger partial charge in [-0.1, -0.05) is 18.2 Å². The molecule has 0 saturated carbocycles. The number of carbonyl (C=O) groups excluding carboxylic acids is 1. The quantitative estimate of drug-likeness (QED) is 0.193. The van der Waals surface area contributed by atoms with E-state index in [2.05, 4.69) is 14.1 Å². The maximum Gasteiger partial charge on any atom is 0.320 e. The summed E-state index contributed by atoms with van der Waals surface area (Å²) in [7, 11) is -3.88. The molecular weight excluding hydrogens is 538 g/mol. The summed E-state index contributed by atoms with van der Waals surface area (Å²) in [6.07, 6.45) is 1.73. The van der Waals surface area contributed by atoms with Gasteiger partial charge in [0.2, 0.25) is 0 Å². The van der Waals surface area contributed by atoms with E-state index in [1.54, 1.807) is 40.9 Å². The molecule has 0 spiro atoms. The zero-order valence-corrected chi connectivity index (χ0v) is 24.1. The monoisotopic (exact) mass is 569 g/mol. The van der Waals surface area contributed by atoms with E-state index in [4.69, 9.17) is 13.9 Å². The Morgan fingerprint density at radius 1 is 1.18 bits per heavy atom. The molecule has 9 nitrogen and oxygen atoms in total. The highest BCUT2D eigenvalue weighted by Gasteiger charge is 2.21. The third-order valence-electron chi connectivity index (χ3n) is 5.40. The Morgan fingerprint density at radius 3 is 2.69 bits per heavy atom. The van der Waals surface area contributed by atoms with Crippen LogP contribution in [-0.4, -0.2) is 37.2 Å². The molecule has 0 aliphatic heterocycles. The van der Waals surface area contributed by atoms with Crippen molar-refractivity contribution >= 4 is 44.2 Å². The van der Waals surface area contributed by atoms with Crippen LogP contribution in [0, 0.1) is 0 Å². The minimum atomic E-state index is -3.88. The molecule has 0 aliphatic carbocycles. The molecule has 0 unspecified atom stereocenters. The highest BCUT2D eigenvalue weighted by Crippen LogP contribution is 2.33. The Balaban J connectivity index is 1.59. The van der Waals surface area contributed by atoms with Gasteiger partial charge in [0.25, 0.3) is 0 Å². The fraction of sp³-hybridized carbons (Fsp3) is 0.321. The van der Waals surface area contributed by atoms with E-state index >= 15 is 0 Å². The molecule has 0 aliphatic rings. The summed E-state index contributed by atoms with van der Waals surface area (Å²) in [4.78, 5) is 16.7. The van der Waals surface area contributed by atoms with Gasteiger partial charge in [-0.15, -0.1) is 11.3 Å². The number of ether oxygens (including phenoxy) is 2. The first-order chi connectivity index (χ1) is 18.4. The number of nitrogens with zero attached hydrogens (tertiary/aromatic N) is 2. The summed E-state index contributed by atoms with van der Waals surface area (Å²) in [5.41, 5.74) is 3.31. The molecule has 4 rings (SSSR count). The molecule has 0 amide bonds. The number of hydrogen-bond acceptors (Lipinski definition) is 8. The molecule has 0 bridgehead atoms. The van der Waals surface area contributed by atoms with E-state index in [0.29, 0.717) is 28.6 Å². The van der Waals surface area contributed by atoms with Gasteiger partial charge in [-0.25, -0.2) is 4.98 Å². The molecule has 0 atom stereocenters. The summed E-state index contributed by atoms with van der Waals surface area (Å²) >= 11 is 1.30. The highest BCUT2D eigenvalue weighted by atomic mass is 32.2. The smallest absolute Gasteiger partial charge is 0.320 e. The average Bonchev–Trinajstić information content (AvgIpc) is 3.51. The predicted octanol–water partition coefficient (Wildman–Crippen LogP) is 5.68. The van der Waals surface area contributed by atoms with E-state index in [9.17, 15) is 13.2 Å². The summed E-state index contributed by atoms with van der Waals surface area (Å²) < 4.78 is 48.2. The largest absolute Gasteiger partial charge is 0.489 e. The Bertz CT molecular complexity index is 1610. The van der Waals surface area contributed by atoms with Crippen molar-refractivity contribution in [2.45, 2.75) is 53.2 Å². The van der Waals surface area contributed by atoms with Gasteiger partial charge in [-0.2, -0.15) is 17.5 Å². The molecular formula is C28H31N3O6S2. The standard InChI is InChI=1S/C28H31N3O6S2/c1-6-35-25(32)15-20-9-7-8-10-24(20)37-16-19-13-21-11-12-36-26(21)22(14-19)23-17-38-27(29-23)18(2)30-39(33,34)31-28(3,4)5/h7-14,17,31H,6,15-16H2,1-5H3. The van der Waals surface area contributed by atoms with Crippen LogP contribution in [0.25, 0.3) is 22.2 Å². The zero-order chi connectivity index (χ0) is 28.2. The maximum absolute atomic E-state index is 12.4. The van der Waals surface area contributed by atoms with E-state index in [1.807, 2.05) is 47.8 Å². The Kier molecular flexibility index (Phi) is 8.53. The topological polar surface area (TPSA) is 120 Å². The number of rotatable bonds is 10. The average molecular weight is 570 g/mol. The molecule has 206 valence electrons. The van der Waals surface area contributed by atoms with Crippen molar-refractivity contribution in [3.05, 3.63) is 70.2 Å². The summed E-state index contributed by atoms with van der Waals surface area (Å²) in [6, 6.07) is 13.1. The Hall–Kier alpha value is -3.54. The normalized spacial score (nSPS) is 12.6. The molecule has 39 heavy (non-hydrogen) atoms. The fourth-order valence-electron chi connectivity index (χ4n) is 3.93. The second-order valence-corrected chi connectivity index (χ2v) is 12.1. The number of hydrogen-bond donors (Lipinski definition) is 1. The van der Waals surface area contributed by atoms with E-state index in [1.165, 1.54) is 11.3 Å². The molecule has 1 N–H and O–H groups in total. The van der Waals surface area contributed by atoms with Crippen LogP contribution in [0.5, 0.6) is 5.75 Å². The van der Waals surface area contributed by atoms with Crippen LogP contribution in [0.1, 0.15) is 50.8 Å². The summed E-state index contributed by atoms with van der Waals surface area (Å²) in [5.74, 6) is 0.294. The minimum absolute atomic E-state index is 0.125. The van der Waals surface area contributed by atoms with Gasteiger partial charge in [0, 0.05) is 27.4 Å². The number of nitrogens with one attached hydrogen (secondary N) is 1. The number of carbonyl (C=O) groups is 1. The molecule has 0 fully saturated rings. The number of esters is 1. The minimum Gasteiger partial charge on any atom is -0.489 e. The van der Waals surface area contributed by atoms with Crippen molar-refractivity contribution in [3.63, 3.8) is 0 Å². The number of para-hydroxylation sites is 1. The van der Waals surface area contributed by atoms with Gasteiger partial charge >= 0.3 is 16.2 Å². The van der Waals surface area contributed by atoms with Crippen LogP contribution >= 0.6 is 11.3 Å². The highest BCUT2D eigenvalue weighted by molar-refractivity contribution is 7.88. The molecule has 0 saturated heterocycles. The number of furan rings is 1. The first-order valence-corrected chi connectivity index (χ1v) is 14.7. The molecule has 4 aromatic rings. The van der Waals surface area contributed by atoms with Crippen molar-refractivity contribution in [1.29, 1.82) is 0 Å². The van der Waals surface area contributed by atoms with Gasteiger partial charge in [-0.05, 0) is 64.4 Å². The van der Waals surface area contributed by atoms with Gasteiger partial charge < -0.3 is 13.9 Å². The van der Waals surface area contributed by atoms with Gasteiger partial charge in [-0.3, -0.25) is 4.79 Å². The first kappa shape index (κ1) is 28.5. The predicted molar refractivity (Wildman–Crippen MR) is 152 cm³/mol. The van der Waals surface area contributed by atoms with Crippen LogP contribution in [-0.2, 0) is 32.8 Å². The third kappa shape index (κ3) is 7.53. The van der Waals surface area contributed by atoms with Crippen LogP contribution in [0.3, 0.4) is 0 Å². The van der Waals surface area contributed by atoms with Crippen molar-refractivity contribution in [1.82, 2.24) is 9.71 Å². The zero-order valence-electron chi connectivity index (χ0n) is 22.5. The van der Waals surface area contributed by atoms with Crippen molar-refractivity contribution in [2.24, 2.45) is 4.40 Å². The van der Waals surface area contributed by atoms with Gasteiger partial charge in [0.15, 0.2) is 0 Å². The van der Waals surface area contributed by atoms with Crippen LogP contribution in [0.15, 0.2) is 62.9 Å². The molecule has 2 heterocycles. The lowest BCUT2D eigenvalue weighted by atomic mass is 10.1. The van der Waals surface area contributed by atoms with Gasteiger partial charge in [0.1, 0.15) is 22.9 Å². The van der Waals surface area contributed by atoms with Crippen molar-refractivity contribution in [3.8, 4) is 17.0 Å². The van der Waals surface area contributed by atoms with E-state index < -0.39 is 15.7 Å². The van der Waals surface area contributed by atoms with Crippen molar-refractivity contribution < 1.29 is 27.1 Å². The third-order valence-corrected chi connectivity index (χ3v) is 7.74. The summed E-state index contributed by atoms with van der Waals surface area (Å²) in [5, 5.41) is 3.20. The number of thiazole rings is 1. The SMILES string of the molecule is CCOC(=O)Cc1ccccc1OCc1cc(-c2csc(C(C)=NS(=O)(=O)NC(C)(C)C)n2)c2occc2c1. The lowest BCUT2D eigenvalue weighted by molar-refractivity contribution is -0.142. The van der Waals surface area contributed by atoms with Crippen LogP contribution < -0.4 is 9.46 Å². The van der Waals surface area contributed by atoms with Crippen LogP contribution in [0.2, 0.25) is 0 Å². The Labute approximate surface area is 232 Å². The maximum atomic E-state index is 12.4. The second-order valence-electron chi connectivity index (χ2n) is 9.90. The van der Waals surface area contributed by atoms with Crippen molar-refractivity contribution in [2.75, 3.05) is 6.61 Å². The number of fused-ring (bicyclic) bond motifs is 1. The first-order valence-electron chi connectivity index (χ1n) is 12.4. The van der Waals surface area contributed by atoms with E-state index in [-0.39, 0.29) is 24.7 Å². The lowest BCUT2D eigenvalue weighted by Gasteiger charge is -2.18. The Morgan fingerprint density at radius 2 is 1.95 bits per heavy atom.